The van der Waals surface area contributed by atoms with E-state index in [1.165, 1.54) is 6.07 Å². The van der Waals surface area contributed by atoms with Crippen molar-refractivity contribution in [2.45, 2.75) is 6.92 Å². The summed E-state index contributed by atoms with van der Waals surface area (Å²) in [6, 6.07) is 17.8. The Morgan fingerprint density at radius 2 is 1.93 bits per heavy atom. The van der Waals surface area contributed by atoms with Crippen LogP contribution in [0, 0.1) is 10.5 Å². The minimum Gasteiger partial charge on any atom is -0.507 e. The van der Waals surface area contributed by atoms with Gasteiger partial charge in [-0.3, -0.25) is 4.79 Å². The van der Waals surface area contributed by atoms with E-state index in [0.717, 1.165) is 9.13 Å². The van der Waals surface area contributed by atoms with Crippen LogP contribution in [0.2, 0.25) is 0 Å². The van der Waals surface area contributed by atoms with E-state index in [-0.39, 0.29) is 24.2 Å². The molecule has 1 aromatic heterocycles. The van der Waals surface area contributed by atoms with E-state index in [1.54, 1.807) is 12.1 Å². The minimum atomic E-state index is -0.312. The van der Waals surface area contributed by atoms with Crippen molar-refractivity contribution in [3.05, 3.63) is 69.8 Å². The number of hydrogen-bond donors (Lipinski definition) is 2. The van der Waals surface area contributed by atoms with E-state index < -0.39 is 0 Å². The van der Waals surface area contributed by atoms with Crippen molar-refractivity contribution in [3.63, 3.8) is 0 Å². The minimum absolute atomic E-state index is 0.0152. The first-order valence-electron chi connectivity index (χ1n) is 8.87. The van der Waals surface area contributed by atoms with Gasteiger partial charge >= 0.3 is 0 Å². The fourth-order valence-corrected chi connectivity index (χ4v) is 3.17. The number of ether oxygens (including phenoxy) is 1. The average Bonchev–Trinajstić information content (AvgIpc) is 3.12. The highest BCUT2D eigenvalue weighted by Gasteiger charge is 2.14. The van der Waals surface area contributed by atoms with E-state index in [2.05, 4.69) is 32.9 Å². The second-order valence-corrected chi connectivity index (χ2v) is 7.76. The maximum Gasteiger partial charge on any atom is 0.262 e. The van der Waals surface area contributed by atoms with Gasteiger partial charge in [-0.05, 0) is 89.7 Å². The summed E-state index contributed by atoms with van der Waals surface area (Å²) in [4.78, 5) is 16.7. The van der Waals surface area contributed by atoms with Gasteiger partial charge in [-0.1, -0.05) is 6.07 Å². The molecule has 0 unspecified atom stereocenters. The number of anilines is 1. The van der Waals surface area contributed by atoms with Gasteiger partial charge in [0.1, 0.15) is 17.0 Å². The number of phenols is 1. The summed E-state index contributed by atoms with van der Waals surface area (Å²) in [6.07, 6.45) is 0. The topological polar surface area (TPSA) is 84.6 Å². The molecule has 0 radical (unpaired) electrons. The quantitative estimate of drug-likeness (QED) is 0.293. The maximum atomic E-state index is 12.2. The molecule has 0 aliphatic carbocycles. The lowest BCUT2D eigenvalue weighted by molar-refractivity contribution is -0.118. The smallest absolute Gasteiger partial charge is 0.262 e. The van der Waals surface area contributed by atoms with Crippen molar-refractivity contribution >= 4 is 45.3 Å². The third-order valence-corrected chi connectivity index (χ3v) is 4.96. The van der Waals surface area contributed by atoms with Crippen LogP contribution in [-0.4, -0.2) is 22.6 Å². The van der Waals surface area contributed by atoms with E-state index >= 15 is 0 Å². The molecule has 0 fully saturated rings. The van der Waals surface area contributed by atoms with E-state index in [4.69, 9.17) is 9.15 Å². The molecule has 0 saturated carbocycles. The molecule has 0 spiro atoms. The highest BCUT2D eigenvalue weighted by atomic mass is 127. The number of rotatable bonds is 5. The Labute approximate surface area is 180 Å². The van der Waals surface area contributed by atoms with Crippen molar-refractivity contribution in [2.24, 2.45) is 0 Å². The molecule has 0 bridgehead atoms. The third-order valence-electron chi connectivity index (χ3n) is 4.24. The van der Waals surface area contributed by atoms with Crippen LogP contribution in [0.5, 0.6) is 11.5 Å². The number of nitrogens with one attached hydrogen (secondary N) is 1. The fraction of sp³-hybridized carbons (Fsp3) is 0.0909. The Balaban J connectivity index is 1.50. The lowest BCUT2D eigenvalue weighted by Crippen LogP contribution is -2.20. The van der Waals surface area contributed by atoms with E-state index in [1.807, 2.05) is 49.4 Å². The van der Waals surface area contributed by atoms with Crippen molar-refractivity contribution in [1.82, 2.24) is 4.98 Å². The third kappa shape index (κ3) is 4.51. The highest BCUT2D eigenvalue weighted by molar-refractivity contribution is 14.1. The molecule has 0 aliphatic heterocycles. The van der Waals surface area contributed by atoms with Crippen molar-refractivity contribution < 1.29 is 19.1 Å². The first-order chi connectivity index (χ1) is 14.0. The number of carbonyl (C=O) groups excluding carboxylic acids is 1. The van der Waals surface area contributed by atoms with E-state index in [9.17, 15) is 9.90 Å². The molecule has 1 amide bonds. The molecule has 3 aromatic carbocycles. The van der Waals surface area contributed by atoms with Crippen molar-refractivity contribution in [3.8, 4) is 23.0 Å². The number of fused-ring (bicyclic) bond motifs is 1. The van der Waals surface area contributed by atoms with Crippen LogP contribution in [0.3, 0.4) is 0 Å². The number of hydrogen-bond acceptors (Lipinski definition) is 5. The van der Waals surface area contributed by atoms with Crippen LogP contribution >= 0.6 is 22.6 Å². The van der Waals surface area contributed by atoms with Gasteiger partial charge < -0.3 is 19.6 Å². The highest BCUT2D eigenvalue weighted by Crippen LogP contribution is 2.33. The summed E-state index contributed by atoms with van der Waals surface area (Å²) in [5, 5.41) is 13.0. The summed E-state index contributed by atoms with van der Waals surface area (Å²) in [6.45, 7) is 1.85. The number of amides is 1. The van der Waals surface area contributed by atoms with E-state index in [0.29, 0.717) is 28.1 Å². The van der Waals surface area contributed by atoms with Crippen LogP contribution in [0.1, 0.15) is 5.56 Å². The van der Waals surface area contributed by atoms with Gasteiger partial charge in [-0.15, -0.1) is 0 Å². The Kier molecular flexibility index (Phi) is 5.39. The molecule has 2 N–H and O–H groups in total. The first-order valence-corrected chi connectivity index (χ1v) is 9.94. The number of phenolic OH excluding ortho intramolecular Hbond substituents is 1. The molecule has 0 aliphatic rings. The zero-order chi connectivity index (χ0) is 20.4. The van der Waals surface area contributed by atoms with Crippen molar-refractivity contribution in [2.75, 3.05) is 11.9 Å². The Morgan fingerprint density at radius 1 is 1.14 bits per heavy atom. The molecular weight excluding hydrogens is 483 g/mol. The number of aromatic hydroxyl groups is 1. The number of halogens is 1. The number of nitrogens with zero attached hydrogens (tertiary/aromatic N) is 1. The molecule has 29 heavy (non-hydrogen) atoms. The molecule has 6 nitrogen and oxygen atoms in total. The summed E-state index contributed by atoms with van der Waals surface area (Å²) in [5.74, 6) is 0.609. The largest absolute Gasteiger partial charge is 0.507 e. The zero-order valence-electron chi connectivity index (χ0n) is 15.5. The predicted octanol–water partition coefficient (Wildman–Crippen LogP) is 5.13. The summed E-state index contributed by atoms with van der Waals surface area (Å²) >= 11 is 2.20. The number of carbonyl (C=O) groups is 1. The number of oxazole rings is 1. The van der Waals surface area contributed by atoms with Crippen LogP contribution < -0.4 is 10.1 Å². The second-order valence-electron chi connectivity index (χ2n) is 6.51. The van der Waals surface area contributed by atoms with Gasteiger partial charge in [0.15, 0.2) is 12.2 Å². The van der Waals surface area contributed by atoms with Crippen LogP contribution in [0.4, 0.5) is 5.69 Å². The van der Waals surface area contributed by atoms with Crippen LogP contribution in [0.25, 0.3) is 22.6 Å². The van der Waals surface area contributed by atoms with Gasteiger partial charge in [0.2, 0.25) is 5.89 Å². The number of benzene rings is 3. The summed E-state index contributed by atoms with van der Waals surface area (Å²) in [5.41, 5.74) is 3.31. The molecule has 0 saturated heterocycles. The van der Waals surface area contributed by atoms with Crippen molar-refractivity contribution in [1.29, 1.82) is 0 Å². The predicted molar refractivity (Wildman–Crippen MR) is 119 cm³/mol. The molecule has 0 atom stereocenters. The SMILES string of the molecule is Cc1ccc2oc(-c3cc(NC(=O)COc4ccc(I)cc4)ccc3O)nc2c1. The Morgan fingerprint density at radius 3 is 2.72 bits per heavy atom. The maximum absolute atomic E-state index is 12.2. The van der Waals surface area contributed by atoms with Gasteiger partial charge in [0.05, 0.1) is 5.56 Å². The molecular formula is C22H17IN2O4. The average molecular weight is 500 g/mol. The lowest BCUT2D eigenvalue weighted by atomic mass is 10.1. The molecule has 4 rings (SSSR count). The second kappa shape index (κ2) is 8.12. The monoisotopic (exact) mass is 500 g/mol. The zero-order valence-corrected chi connectivity index (χ0v) is 17.6. The summed E-state index contributed by atoms with van der Waals surface area (Å²) < 4.78 is 12.3. The van der Waals surface area contributed by atoms with Gasteiger partial charge in [-0.25, -0.2) is 4.98 Å². The van der Waals surface area contributed by atoms with Crippen LogP contribution in [0.15, 0.2) is 65.1 Å². The summed E-state index contributed by atoms with van der Waals surface area (Å²) in [7, 11) is 0. The Hall–Kier alpha value is -3.07. The lowest BCUT2D eigenvalue weighted by Gasteiger charge is -2.09. The molecule has 1 heterocycles. The van der Waals surface area contributed by atoms with Gasteiger partial charge in [0, 0.05) is 9.26 Å². The number of aryl methyl sites for hydroxylation is 1. The van der Waals surface area contributed by atoms with Gasteiger partial charge in [0.25, 0.3) is 5.91 Å². The van der Waals surface area contributed by atoms with Gasteiger partial charge in [-0.2, -0.15) is 0 Å². The standard InChI is InChI=1S/C22H17IN2O4/c1-13-2-9-20-18(10-13)25-22(29-20)17-11-15(5-8-19(17)26)24-21(27)12-28-16-6-3-14(23)4-7-16/h2-11,26H,12H2,1H3,(H,24,27). The fourth-order valence-electron chi connectivity index (χ4n) is 2.81. The molecule has 4 aromatic rings. The first kappa shape index (κ1) is 19.3. The normalized spacial score (nSPS) is 10.8. The molecule has 7 heteroatoms. The Bertz CT molecular complexity index is 1190. The van der Waals surface area contributed by atoms with Crippen LogP contribution in [-0.2, 0) is 4.79 Å². The number of aromatic nitrogens is 1. The molecule has 146 valence electrons.